The molecule has 2 aliphatic rings. The third kappa shape index (κ3) is 3.22. The summed E-state index contributed by atoms with van der Waals surface area (Å²) in [6, 6.07) is 14.6. The maximum atomic E-state index is 13.3. The molecule has 2 aromatic rings. The van der Waals surface area contributed by atoms with E-state index in [4.69, 9.17) is 11.6 Å². The van der Waals surface area contributed by atoms with Crippen LogP contribution in [0.3, 0.4) is 0 Å². The van der Waals surface area contributed by atoms with Crippen molar-refractivity contribution in [3.05, 3.63) is 70.4 Å². The molecular weight excluding hydrogens is 372 g/mol. The minimum absolute atomic E-state index is 0.0813. The number of Topliss-reactive ketones (excluding diaryl/α,β-unsaturated/α-hetero) is 1. The average molecular weight is 395 g/mol. The van der Waals surface area contributed by atoms with Crippen molar-refractivity contribution in [3.8, 4) is 0 Å². The maximum Gasteiger partial charge on any atom is 0.224 e. The van der Waals surface area contributed by atoms with E-state index in [-0.39, 0.29) is 17.1 Å². The van der Waals surface area contributed by atoms with Gasteiger partial charge in [0, 0.05) is 29.6 Å². The van der Waals surface area contributed by atoms with Crippen LogP contribution in [0.25, 0.3) is 0 Å². The van der Waals surface area contributed by atoms with E-state index in [0.717, 1.165) is 29.1 Å². The quantitative estimate of drug-likeness (QED) is 0.694. The first-order valence-corrected chi connectivity index (χ1v) is 9.82. The molecule has 0 saturated carbocycles. The van der Waals surface area contributed by atoms with Crippen molar-refractivity contribution in [1.82, 2.24) is 0 Å². The summed E-state index contributed by atoms with van der Waals surface area (Å²) >= 11 is 6.09. The molecule has 1 amide bonds. The number of nitrogens with zero attached hydrogens (tertiary/aromatic N) is 1. The zero-order valence-electron chi connectivity index (χ0n) is 16.3. The predicted molar refractivity (Wildman–Crippen MR) is 112 cm³/mol. The molecular formula is C23H23ClN2O2. The first-order valence-electron chi connectivity index (χ1n) is 9.44. The second kappa shape index (κ2) is 6.78. The lowest BCUT2D eigenvalue weighted by Gasteiger charge is -2.36. The van der Waals surface area contributed by atoms with Gasteiger partial charge in [0.1, 0.15) is 0 Å². The van der Waals surface area contributed by atoms with Crippen LogP contribution in [0.1, 0.15) is 45.2 Å². The van der Waals surface area contributed by atoms with E-state index in [1.165, 1.54) is 0 Å². The molecule has 0 fully saturated rings. The smallest absolute Gasteiger partial charge is 0.224 e. The molecule has 5 heteroatoms. The number of carbonyl (C=O) groups excluding carboxylic acids is 2. The zero-order valence-corrected chi connectivity index (χ0v) is 17.0. The molecule has 2 aromatic carbocycles. The molecule has 144 valence electrons. The SMILES string of the molecule is CC(=O)N1c2ccccc2NC2=C(C(=O)CC(C)(C)C2)[C@H]1c1ccc(Cl)cc1. The highest BCUT2D eigenvalue weighted by atomic mass is 35.5. The number of rotatable bonds is 1. The molecule has 4 nitrogen and oxygen atoms in total. The molecule has 1 heterocycles. The Balaban J connectivity index is 2.00. The van der Waals surface area contributed by atoms with E-state index in [2.05, 4.69) is 19.2 Å². The number of fused-ring (bicyclic) bond motifs is 1. The van der Waals surface area contributed by atoms with Crippen LogP contribution in [0.5, 0.6) is 0 Å². The molecule has 1 aliphatic heterocycles. The normalized spacial score (nSPS) is 20.8. The van der Waals surface area contributed by atoms with Crippen molar-refractivity contribution < 1.29 is 9.59 Å². The Morgan fingerprint density at radius 2 is 1.79 bits per heavy atom. The number of hydrogen-bond donors (Lipinski definition) is 1. The topological polar surface area (TPSA) is 49.4 Å². The molecule has 0 saturated heterocycles. The Morgan fingerprint density at radius 1 is 1.11 bits per heavy atom. The number of allylic oxidation sites excluding steroid dienone is 1. The first-order chi connectivity index (χ1) is 13.3. The van der Waals surface area contributed by atoms with Crippen LogP contribution in [0.2, 0.25) is 5.02 Å². The van der Waals surface area contributed by atoms with Gasteiger partial charge in [-0.1, -0.05) is 49.7 Å². The molecule has 1 atom stereocenters. The first kappa shape index (κ1) is 18.8. The number of benzene rings is 2. The molecule has 4 rings (SSSR count). The van der Waals surface area contributed by atoms with Gasteiger partial charge >= 0.3 is 0 Å². The van der Waals surface area contributed by atoms with Gasteiger partial charge in [-0.3, -0.25) is 14.5 Å². The van der Waals surface area contributed by atoms with Gasteiger partial charge in [0.05, 0.1) is 17.4 Å². The van der Waals surface area contributed by atoms with Crippen LogP contribution in [-0.2, 0) is 9.59 Å². The number of anilines is 2. The number of ketones is 1. The number of carbonyl (C=O) groups is 2. The van der Waals surface area contributed by atoms with Gasteiger partial charge in [-0.2, -0.15) is 0 Å². The summed E-state index contributed by atoms with van der Waals surface area (Å²) in [5.41, 5.74) is 3.93. The summed E-state index contributed by atoms with van der Waals surface area (Å²) in [6.45, 7) is 5.75. The van der Waals surface area contributed by atoms with Crippen LogP contribution in [0.15, 0.2) is 59.8 Å². The lowest BCUT2D eigenvalue weighted by molar-refractivity contribution is -0.118. The van der Waals surface area contributed by atoms with Crippen LogP contribution in [0, 0.1) is 5.41 Å². The van der Waals surface area contributed by atoms with Gasteiger partial charge < -0.3 is 5.32 Å². The molecule has 0 bridgehead atoms. The van der Waals surface area contributed by atoms with Crippen molar-refractivity contribution >= 4 is 34.7 Å². The van der Waals surface area contributed by atoms with Gasteiger partial charge in [-0.15, -0.1) is 0 Å². The predicted octanol–water partition coefficient (Wildman–Crippen LogP) is 5.50. The van der Waals surface area contributed by atoms with E-state index in [9.17, 15) is 9.59 Å². The number of halogens is 1. The summed E-state index contributed by atoms with van der Waals surface area (Å²) < 4.78 is 0. The fourth-order valence-electron chi connectivity index (χ4n) is 4.30. The molecule has 0 spiro atoms. The number of hydrogen-bond acceptors (Lipinski definition) is 3. The number of nitrogens with one attached hydrogen (secondary N) is 1. The van der Waals surface area contributed by atoms with Crippen molar-refractivity contribution in [1.29, 1.82) is 0 Å². The second-order valence-electron chi connectivity index (χ2n) is 8.32. The Morgan fingerprint density at radius 3 is 2.46 bits per heavy atom. The van der Waals surface area contributed by atoms with E-state index >= 15 is 0 Å². The molecule has 0 unspecified atom stereocenters. The zero-order chi connectivity index (χ0) is 20.1. The third-order valence-electron chi connectivity index (χ3n) is 5.43. The summed E-state index contributed by atoms with van der Waals surface area (Å²) in [5, 5.41) is 4.10. The molecule has 0 aromatic heterocycles. The average Bonchev–Trinajstić information content (AvgIpc) is 2.75. The monoisotopic (exact) mass is 394 g/mol. The summed E-state index contributed by atoms with van der Waals surface area (Å²) in [7, 11) is 0. The minimum atomic E-state index is -0.482. The molecule has 1 N–H and O–H groups in total. The van der Waals surface area contributed by atoms with Crippen LogP contribution in [0.4, 0.5) is 11.4 Å². The van der Waals surface area contributed by atoms with E-state index in [1.807, 2.05) is 36.4 Å². The van der Waals surface area contributed by atoms with Crippen molar-refractivity contribution in [2.45, 2.75) is 39.7 Å². The molecule has 1 aliphatic carbocycles. The van der Waals surface area contributed by atoms with Gasteiger partial charge in [0.2, 0.25) is 5.91 Å². The molecule has 28 heavy (non-hydrogen) atoms. The van der Waals surface area contributed by atoms with Crippen LogP contribution < -0.4 is 10.2 Å². The minimum Gasteiger partial charge on any atom is -0.357 e. The third-order valence-corrected chi connectivity index (χ3v) is 5.68. The summed E-state index contributed by atoms with van der Waals surface area (Å²) in [6.07, 6.45) is 1.21. The van der Waals surface area contributed by atoms with E-state index < -0.39 is 6.04 Å². The fraction of sp³-hybridized carbons (Fsp3) is 0.304. The van der Waals surface area contributed by atoms with Crippen molar-refractivity contribution in [2.75, 3.05) is 10.2 Å². The molecule has 0 radical (unpaired) electrons. The Bertz CT molecular complexity index is 992. The lowest BCUT2D eigenvalue weighted by Crippen LogP contribution is -2.38. The largest absolute Gasteiger partial charge is 0.357 e. The van der Waals surface area contributed by atoms with Gasteiger partial charge in [-0.05, 0) is 41.7 Å². The summed E-state index contributed by atoms with van der Waals surface area (Å²) in [5.74, 6) is -0.0293. The van der Waals surface area contributed by atoms with Crippen LogP contribution in [-0.4, -0.2) is 11.7 Å². The van der Waals surface area contributed by atoms with Gasteiger partial charge in [-0.25, -0.2) is 0 Å². The number of para-hydroxylation sites is 2. The van der Waals surface area contributed by atoms with E-state index in [0.29, 0.717) is 17.0 Å². The van der Waals surface area contributed by atoms with Crippen LogP contribution >= 0.6 is 11.6 Å². The van der Waals surface area contributed by atoms with Gasteiger partial charge in [0.25, 0.3) is 0 Å². The summed E-state index contributed by atoms with van der Waals surface area (Å²) in [4.78, 5) is 27.8. The lowest BCUT2D eigenvalue weighted by atomic mass is 9.73. The Hall–Kier alpha value is -2.59. The number of amides is 1. The fourth-order valence-corrected chi connectivity index (χ4v) is 4.42. The second-order valence-corrected chi connectivity index (χ2v) is 8.75. The van der Waals surface area contributed by atoms with Gasteiger partial charge in [0.15, 0.2) is 5.78 Å². The standard InChI is InChI=1S/C23H23ClN2O2/c1-14(27)26-19-7-5-4-6-17(19)25-18-12-23(2,3)13-20(28)21(18)22(26)15-8-10-16(24)11-9-15/h4-11,22,25H,12-13H2,1-3H3/t22-/m1/s1. The van der Waals surface area contributed by atoms with Crippen molar-refractivity contribution in [3.63, 3.8) is 0 Å². The highest BCUT2D eigenvalue weighted by Crippen LogP contribution is 2.48. The van der Waals surface area contributed by atoms with Crippen molar-refractivity contribution in [2.24, 2.45) is 5.41 Å². The maximum absolute atomic E-state index is 13.3. The Kier molecular flexibility index (Phi) is 4.54. The Labute approximate surface area is 170 Å². The highest BCUT2D eigenvalue weighted by Gasteiger charge is 2.42. The highest BCUT2D eigenvalue weighted by molar-refractivity contribution is 6.30. The van der Waals surface area contributed by atoms with E-state index in [1.54, 1.807) is 24.0 Å².